The summed E-state index contributed by atoms with van der Waals surface area (Å²) >= 11 is 0. The van der Waals surface area contributed by atoms with E-state index in [1.54, 1.807) is 0 Å². The SMILES string of the molecule is C[C@@H]1O[C@@H](O[C@@H]2[C@@H](O)[C@H](O[C@@H]3[C@@H](O[C@@H]4OC[C@@H](O)[C@H](O)[C@H]4O)[C@@H](O)[C@H](O[C@H]4[C@H](OC(=O)[C@]56CCC(C)(C)C[C@H]5C5=CC[C@@H]7[C@@]8(C)C[C@H](O)[C@H](O[C@@H]9O[C@H](CO)[C@@H](O)[C@H](O)[C@H]9O)[C@@](C)(CO)[C@@H]8CC[C@@]7(C)[C@]5(C)CC6)OC[C@H](O)[C@@H]4O)O[C@H]3C)OC[C@H]2O)[C@H](O)[C@H](O)[C@H]1O. The minimum Gasteiger partial charge on any atom is -0.432 e. The summed E-state index contributed by atoms with van der Waals surface area (Å²) in [4.78, 5) is 15.6. The summed E-state index contributed by atoms with van der Waals surface area (Å²) in [6, 6.07) is 0. The monoisotopic (exact) mass is 1340 g/mol. The van der Waals surface area contributed by atoms with Gasteiger partial charge in [-0.1, -0.05) is 53.2 Å². The second kappa shape index (κ2) is 26.9. The number of carbonyl (C=O) groups is 1. The zero-order chi connectivity index (χ0) is 67.7. The smallest absolute Gasteiger partial charge is 0.315 e. The van der Waals surface area contributed by atoms with Crippen LogP contribution in [0.15, 0.2) is 11.6 Å². The van der Waals surface area contributed by atoms with Gasteiger partial charge in [-0.05, 0) is 111 Å². The molecule has 0 aromatic heterocycles. The number of aliphatic hydroxyl groups excluding tert-OH is 17. The van der Waals surface area contributed by atoms with Crippen LogP contribution in [0.2, 0.25) is 0 Å². The van der Waals surface area contributed by atoms with Crippen LogP contribution in [0.4, 0.5) is 0 Å². The fourth-order valence-corrected chi connectivity index (χ4v) is 18.7. The molecule has 0 unspecified atom stereocenters. The predicted molar refractivity (Wildman–Crippen MR) is 310 cm³/mol. The van der Waals surface area contributed by atoms with Gasteiger partial charge in [0.2, 0.25) is 6.29 Å². The summed E-state index contributed by atoms with van der Waals surface area (Å²) in [6.07, 6.45) is -40.4. The van der Waals surface area contributed by atoms with E-state index in [2.05, 4.69) is 40.7 Å². The molecule has 0 radical (unpaired) electrons. The molecular formula is C63H102O30. The molecule has 0 amide bonds. The first-order valence-electron chi connectivity index (χ1n) is 33.0. The Morgan fingerprint density at radius 3 is 1.70 bits per heavy atom. The quantitative estimate of drug-likeness (QED) is 0.0443. The van der Waals surface area contributed by atoms with E-state index in [1.165, 1.54) is 13.8 Å². The number of carbonyl (C=O) groups excluding carboxylic acids is 1. The first-order valence-corrected chi connectivity index (χ1v) is 33.0. The Hall–Kier alpha value is -1.91. The van der Waals surface area contributed by atoms with Crippen molar-refractivity contribution in [3.8, 4) is 0 Å². The van der Waals surface area contributed by atoms with E-state index in [-0.39, 0.29) is 29.6 Å². The third kappa shape index (κ3) is 12.3. The average molecular weight is 1340 g/mol. The molecule has 0 aromatic carbocycles. The number of hydrogen-bond donors (Lipinski definition) is 17. The predicted octanol–water partition coefficient (Wildman–Crippen LogP) is -4.47. The van der Waals surface area contributed by atoms with Crippen molar-refractivity contribution in [1.29, 1.82) is 0 Å². The molecule has 10 fully saturated rings. The largest absolute Gasteiger partial charge is 0.432 e. The molecule has 4 saturated carbocycles. The highest BCUT2D eigenvalue weighted by Gasteiger charge is 2.72. The average Bonchev–Trinajstić information content (AvgIpc) is 0.673. The molecule has 93 heavy (non-hydrogen) atoms. The van der Waals surface area contributed by atoms with Gasteiger partial charge in [0.05, 0.1) is 62.9 Å². The van der Waals surface area contributed by atoms with Crippen molar-refractivity contribution in [3.63, 3.8) is 0 Å². The lowest BCUT2D eigenvalue weighted by Crippen LogP contribution is -2.69. The van der Waals surface area contributed by atoms with Crippen LogP contribution in [0.5, 0.6) is 0 Å². The summed E-state index contributed by atoms with van der Waals surface area (Å²) in [7, 11) is 0. The molecule has 11 aliphatic rings. The van der Waals surface area contributed by atoms with Crippen LogP contribution in [0.25, 0.3) is 0 Å². The number of ether oxygens (including phenoxy) is 12. The summed E-state index contributed by atoms with van der Waals surface area (Å²) < 4.78 is 72.2. The van der Waals surface area contributed by atoms with Gasteiger partial charge in [-0.2, -0.15) is 0 Å². The Balaban J connectivity index is 0.831. The number of allylic oxidation sites excluding steroid dienone is 2. The van der Waals surface area contributed by atoms with E-state index in [0.29, 0.717) is 51.4 Å². The van der Waals surface area contributed by atoms with Crippen LogP contribution in [0.1, 0.15) is 113 Å². The van der Waals surface area contributed by atoms with Crippen LogP contribution in [-0.2, 0) is 61.6 Å². The molecule has 5 aliphatic carbocycles. The van der Waals surface area contributed by atoms with Crippen LogP contribution >= 0.6 is 0 Å². The van der Waals surface area contributed by atoms with Crippen molar-refractivity contribution in [2.45, 2.75) is 291 Å². The third-order valence-electron chi connectivity index (χ3n) is 24.5. The standard InChI is InChI=1S/C63H102O30/c1-24-35(70)39(74)42(77)53(85-24)89-47-31(69)22-83-52(44(47)79)88-46-25(2)86-55(45(80)48(46)90-51-41(76)36(71)29(67)20-82-51)91-49-37(72)30(68)21-84-56(49)93-57(81)63-15-13-58(3,4)17-27(63)26-9-10-34-59(5)18-28(66)50(92-54-43(78)40(75)38(73)32(19-64)87-54)60(6,23-65)33(59)11-12-62(34,8)61(26,7)14-16-63/h9,24-25,27-56,64-80H,10-23H2,1-8H3/t24-,25-,27-,28-,29+,30-,31+,32+,33+,34+,35-,36-,37-,38+,39+,40-,41+,42+,43+,44+,45+,46-,47-,48-,49+,50-,51-,52-,53-,54-,55-,56-,59-,60-,61+,62+,63-/m0/s1. The lowest BCUT2D eigenvalue weighted by Gasteiger charge is -2.72. The highest BCUT2D eigenvalue weighted by atomic mass is 16.8. The summed E-state index contributed by atoms with van der Waals surface area (Å²) in [5.74, 6) is -1.29. The molecule has 30 nitrogen and oxygen atoms in total. The summed E-state index contributed by atoms with van der Waals surface area (Å²) in [5.41, 5.74) is -2.90. The van der Waals surface area contributed by atoms with Crippen LogP contribution in [0.3, 0.4) is 0 Å². The minimum absolute atomic E-state index is 0.0566. The van der Waals surface area contributed by atoms with E-state index in [1.807, 2.05) is 6.92 Å². The third-order valence-corrected chi connectivity index (χ3v) is 24.5. The van der Waals surface area contributed by atoms with Gasteiger partial charge in [0.1, 0.15) is 110 Å². The topological polar surface area (TPSA) is 472 Å². The molecule has 6 saturated heterocycles. The summed E-state index contributed by atoms with van der Waals surface area (Å²) in [5, 5.41) is 187. The number of hydrogen-bond acceptors (Lipinski definition) is 30. The van der Waals surface area contributed by atoms with Gasteiger partial charge in [0.15, 0.2) is 37.6 Å². The highest BCUT2D eigenvalue weighted by Crippen LogP contribution is 2.76. The minimum atomic E-state index is -2.05. The Kier molecular flexibility index (Phi) is 20.9. The Morgan fingerprint density at radius 2 is 1.03 bits per heavy atom. The molecule has 6 heterocycles. The van der Waals surface area contributed by atoms with Gasteiger partial charge >= 0.3 is 5.97 Å². The maximum Gasteiger partial charge on any atom is 0.315 e. The van der Waals surface area contributed by atoms with Crippen molar-refractivity contribution in [2.75, 3.05) is 33.0 Å². The number of rotatable bonds is 14. The van der Waals surface area contributed by atoms with Crippen molar-refractivity contribution in [3.05, 3.63) is 11.6 Å². The van der Waals surface area contributed by atoms with Gasteiger partial charge in [-0.3, -0.25) is 4.79 Å². The van der Waals surface area contributed by atoms with Crippen molar-refractivity contribution in [2.24, 2.45) is 50.2 Å². The first kappa shape index (κ1) is 72.3. The normalized spacial score (nSPS) is 55.7. The molecule has 37 atom stereocenters. The van der Waals surface area contributed by atoms with E-state index in [0.717, 1.165) is 5.57 Å². The van der Waals surface area contributed by atoms with Crippen LogP contribution in [-0.4, -0.2) is 304 Å². The van der Waals surface area contributed by atoms with Gasteiger partial charge in [0.25, 0.3) is 0 Å². The Morgan fingerprint density at radius 1 is 0.495 bits per heavy atom. The van der Waals surface area contributed by atoms with Crippen molar-refractivity contribution < 1.29 is 148 Å². The van der Waals surface area contributed by atoms with E-state index >= 15 is 4.79 Å². The lowest BCUT2D eigenvalue weighted by molar-refractivity contribution is -0.392. The first-order chi connectivity index (χ1) is 43.6. The molecule has 30 heteroatoms. The number of esters is 1. The van der Waals surface area contributed by atoms with Crippen molar-refractivity contribution >= 4 is 5.97 Å². The molecule has 11 rings (SSSR count). The Labute approximate surface area is 539 Å². The number of fused-ring (bicyclic) bond motifs is 7. The second-order valence-corrected chi connectivity index (χ2v) is 30.5. The zero-order valence-electron chi connectivity index (χ0n) is 53.9. The van der Waals surface area contributed by atoms with Gasteiger partial charge < -0.3 is 144 Å². The maximum atomic E-state index is 15.6. The van der Waals surface area contributed by atoms with Crippen LogP contribution in [0, 0.1) is 50.2 Å². The Bertz CT molecular complexity index is 2620. The molecule has 6 aliphatic heterocycles. The van der Waals surface area contributed by atoms with E-state index < -0.39 is 244 Å². The van der Waals surface area contributed by atoms with E-state index in [9.17, 15) is 86.8 Å². The fourth-order valence-electron chi connectivity index (χ4n) is 18.7. The zero-order valence-corrected chi connectivity index (χ0v) is 53.9. The molecule has 0 aromatic rings. The second-order valence-electron chi connectivity index (χ2n) is 30.5. The number of aliphatic hydroxyl groups is 17. The molecule has 0 bridgehead atoms. The summed E-state index contributed by atoms with van der Waals surface area (Å²) in [6.45, 7) is 13.1. The van der Waals surface area contributed by atoms with Gasteiger partial charge in [-0.25, -0.2) is 0 Å². The van der Waals surface area contributed by atoms with Crippen molar-refractivity contribution in [1.82, 2.24) is 0 Å². The maximum absolute atomic E-state index is 15.6. The lowest BCUT2D eigenvalue weighted by atomic mass is 9.33. The molecule has 17 N–H and O–H groups in total. The van der Waals surface area contributed by atoms with E-state index in [4.69, 9.17) is 56.8 Å². The fraction of sp³-hybridized carbons (Fsp3) is 0.952. The van der Waals surface area contributed by atoms with Gasteiger partial charge in [-0.15, -0.1) is 0 Å². The molecular weight excluding hydrogens is 1240 g/mol. The molecule has 0 spiro atoms. The highest BCUT2D eigenvalue weighted by molar-refractivity contribution is 5.79. The molecule has 534 valence electrons. The van der Waals surface area contributed by atoms with Crippen LogP contribution < -0.4 is 0 Å². The van der Waals surface area contributed by atoms with Gasteiger partial charge in [0, 0.05) is 5.41 Å².